The van der Waals surface area contributed by atoms with Crippen molar-refractivity contribution < 1.29 is 0 Å². The van der Waals surface area contributed by atoms with Crippen molar-refractivity contribution >= 4 is 11.8 Å². The summed E-state index contributed by atoms with van der Waals surface area (Å²) in [6.07, 6.45) is 4.44. The summed E-state index contributed by atoms with van der Waals surface area (Å²) in [5.74, 6) is 2.25. The second kappa shape index (κ2) is 9.22. The van der Waals surface area contributed by atoms with Crippen molar-refractivity contribution in [2.75, 3.05) is 37.7 Å². The highest BCUT2D eigenvalue weighted by atomic mass is 32.2. The molecule has 2 rings (SSSR count). The van der Waals surface area contributed by atoms with Gasteiger partial charge in [-0.25, -0.2) is 0 Å². The predicted molar refractivity (Wildman–Crippen MR) is 90.5 cm³/mol. The maximum absolute atomic E-state index is 3.74. The Balaban J connectivity index is 1.57. The molecule has 1 atom stereocenters. The predicted octanol–water partition coefficient (Wildman–Crippen LogP) is 2.81. The molecule has 1 N–H and O–H groups in total. The van der Waals surface area contributed by atoms with E-state index in [1.165, 1.54) is 43.8 Å². The van der Waals surface area contributed by atoms with Crippen LogP contribution in [-0.2, 0) is 6.42 Å². The van der Waals surface area contributed by atoms with Gasteiger partial charge in [-0.1, -0.05) is 36.4 Å². The number of thioether (sulfide) groups is 1. The van der Waals surface area contributed by atoms with Gasteiger partial charge in [-0.3, -0.25) is 0 Å². The van der Waals surface area contributed by atoms with Crippen molar-refractivity contribution in [1.82, 2.24) is 10.2 Å². The summed E-state index contributed by atoms with van der Waals surface area (Å²) < 4.78 is 0. The fraction of sp³-hybridized carbons (Fsp3) is 0.529. The summed E-state index contributed by atoms with van der Waals surface area (Å²) in [5.41, 5.74) is 1.45. The van der Waals surface area contributed by atoms with Crippen molar-refractivity contribution in [3.05, 3.63) is 48.6 Å². The Kier molecular flexibility index (Phi) is 7.20. The van der Waals surface area contributed by atoms with E-state index in [-0.39, 0.29) is 0 Å². The maximum atomic E-state index is 3.74. The molecular formula is C17H26N2S. The van der Waals surface area contributed by atoms with Gasteiger partial charge in [0, 0.05) is 37.2 Å². The fourth-order valence-corrected chi connectivity index (χ4v) is 3.23. The molecule has 1 heterocycles. The lowest BCUT2D eigenvalue weighted by molar-refractivity contribution is 0.332. The number of nitrogens with zero attached hydrogens (tertiary/aromatic N) is 1. The quantitative estimate of drug-likeness (QED) is 0.556. The van der Waals surface area contributed by atoms with Crippen LogP contribution < -0.4 is 5.32 Å². The van der Waals surface area contributed by atoms with E-state index in [0.717, 1.165) is 12.3 Å². The summed E-state index contributed by atoms with van der Waals surface area (Å²) in [4.78, 5) is 2.58. The molecule has 20 heavy (non-hydrogen) atoms. The second-order valence-electron chi connectivity index (χ2n) is 5.34. The Morgan fingerprint density at radius 3 is 3.00 bits per heavy atom. The van der Waals surface area contributed by atoms with Crippen LogP contribution in [0.25, 0.3) is 0 Å². The van der Waals surface area contributed by atoms with Crippen molar-refractivity contribution in [3.63, 3.8) is 0 Å². The zero-order valence-electron chi connectivity index (χ0n) is 12.3. The highest BCUT2D eigenvalue weighted by Gasteiger charge is 2.21. The first kappa shape index (κ1) is 15.6. The van der Waals surface area contributed by atoms with E-state index < -0.39 is 0 Å². The van der Waals surface area contributed by atoms with E-state index in [9.17, 15) is 0 Å². The van der Waals surface area contributed by atoms with E-state index in [4.69, 9.17) is 0 Å². The topological polar surface area (TPSA) is 15.3 Å². The molecule has 0 amide bonds. The molecule has 2 nitrogen and oxygen atoms in total. The minimum Gasteiger partial charge on any atom is -0.312 e. The van der Waals surface area contributed by atoms with Gasteiger partial charge in [0.2, 0.25) is 0 Å². The van der Waals surface area contributed by atoms with Gasteiger partial charge >= 0.3 is 0 Å². The maximum Gasteiger partial charge on any atom is 0.0207 e. The van der Waals surface area contributed by atoms with Gasteiger partial charge in [-0.2, -0.15) is 11.8 Å². The number of likely N-dealkylation sites (tertiary alicyclic amines) is 1. The molecule has 0 aliphatic carbocycles. The molecule has 1 aromatic carbocycles. The number of hydrogen-bond acceptors (Lipinski definition) is 3. The SMILES string of the molecule is C=CCSCCNC1CCN(CCc2ccccc2)C1. The van der Waals surface area contributed by atoms with E-state index in [1.807, 2.05) is 17.8 Å². The van der Waals surface area contributed by atoms with Gasteiger partial charge in [-0.15, -0.1) is 6.58 Å². The van der Waals surface area contributed by atoms with Gasteiger partial charge in [0.15, 0.2) is 0 Å². The van der Waals surface area contributed by atoms with E-state index in [2.05, 4.69) is 47.1 Å². The first-order chi connectivity index (χ1) is 9.88. The number of benzene rings is 1. The zero-order valence-corrected chi connectivity index (χ0v) is 13.1. The smallest absolute Gasteiger partial charge is 0.0207 e. The minimum atomic E-state index is 0.690. The normalized spacial score (nSPS) is 19.3. The molecule has 1 unspecified atom stereocenters. The van der Waals surface area contributed by atoms with Crippen molar-refractivity contribution in [2.24, 2.45) is 0 Å². The second-order valence-corrected chi connectivity index (χ2v) is 6.49. The Morgan fingerprint density at radius 1 is 1.35 bits per heavy atom. The molecular weight excluding hydrogens is 264 g/mol. The van der Waals surface area contributed by atoms with Gasteiger partial charge < -0.3 is 10.2 Å². The zero-order chi connectivity index (χ0) is 14.0. The van der Waals surface area contributed by atoms with Crippen LogP contribution in [-0.4, -0.2) is 48.6 Å². The first-order valence-electron chi connectivity index (χ1n) is 7.57. The lowest BCUT2D eigenvalue weighted by Crippen LogP contribution is -2.34. The van der Waals surface area contributed by atoms with Crippen molar-refractivity contribution in [2.45, 2.75) is 18.9 Å². The van der Waals surface area contributed by atoms with E-state index >= 15 is 0 Å². The first-order valence-corrected chi connectivity index (χ1v) is 8.72. The Morgan fingerprint density at radius 2 is 2.20 bits per heavy atom. The molecule has 3 heteroatoms. The molecule has 1 fully saturated rings. The number of nitrogens with one attached hydrogen (secondary N) is 1. The largest absolute Gasteiger partial charge is 0.312 e. The molecule has 0 spiro atoms. The van der Waals surface area contributed by atoms with Crippen LogP contribution in [0.4, 0.5) is 0 Å². The van der Waals surface area contributed by atoms with Gasteiger partial charge in [0.25, 0.3) is 0 Å². The molecule has 0 radical (unpaired) electrons. The molecule has 0 aromatic heterocycles. The minimum absolute atomic E-state index is 0.690. The summed E-state index contributed by atoms with van der Waals surface area (Å²) in [7, 11) is 0. The summed E-state index contributed by atoms with van der Waals surface area (Å²) >= 11 is 1.95. The lowest BCUT2D eigenvalue weighted by atomic mass is 10.1. The highest BCUT2D eigenvalue weighted by molar-refractivity contribution is 7.99. The Hall–Kier alpha value is -0.770. The Labute approximate surface area is 127 Å². The molecule has 1 aliphatic rings. The molecule has 110 valence electrons. The van der Waals surface area contributed by atoms with Crippen LogP contribution in [0.2, 0.25) is 0 Å². The number of rotatable bonds is 9. The van der Waals surface area contributed by atoms with Crippen LogP contribution in [0, 0.1) is 0 Å². The Bertz CT molecular complexity index is 380. The molecule has 1 aliphatic heterocycles. The van der Waals surface area contributed by atoms with Crippen LogP contribution in [0.15, 0.2) is 43.0 Å². The summed E-state index contributed by atoms with van der Waals surface area (Å²) in [6, 6.07) is 11.5. The van der Waals surface area contributed by atoms with Crippen LogP contribution in [0.5, 0.6) is 0 Å². The molecule has 0 saturated carbocycles. The number of hydrogen-bond donors (Lipinski definition) is 1. The lowest BCUT2D eigenvalue weighted by Gasteiger charge is -2.16. The van der Waals surface area contributed by atoms with Gasteiger partial charge in [0.05, 0.1) is 0 Å². The van der Waals surface area contributed by atoms with Crippen molar-refractivity contribution in [3.8, 4) is 0 Å². The van der Waals surface area contributed by atoms with Crippen LogP contribution >= 0.6 is 11.8 Å². The summed E-state index contributed by atoms with van der Waals surface area (Å²) in [6.45, 7) is 8.50. The molecule has 1 saturated heterocycles. The average molecular weight is 290 g/mol. The third kappa shape index (κ3) is 5.70. The van der Waals surface area contributed by atoms with Crippen LogP contribution in [0.3, 0.4) is 0 Å². The average Bonchev–Trinajstić information content (AvgIpc) is 2.94. The van der Waals surface area contributed by atoms with Crippen LogP contribution in [0.1, 0.15) is 12.0 Å². The van der Waals surface area contributed by atoms with Gasteiger partial charge in [0.1, 0.15) is 0 Å². The standard InChI is InChI=1S/C17H26N2S/c1-2-13-20-14-10-18-17-9-12-19(15-17)11-8-16-6-4-3-5-7-16/h2-7,17-18H,1,8-15H2. The fourth-order valence-electron chi connectivity index (χ4n) is 2.64. The highest BCUT2D eigenvalue weighted by Crippen LogP contribution is 2.11. The third-order valence-electron chi connectivity index (χ3n) is 3.75. The van der Waals surface area contributed by atoms with E-state index in [1.54, 1.807) is 0 Å². The van der Waals surface area contributed by atoms with Gasteiger partial charge in [-0.05, 0) is 24.9 Å². The summed E-state index contributed by atoms with van der Waals surface area (Å²) in [5, 5.41) is 3.67. The van der Waals surface area contributed by atoms with Crippen molar-refractivity contribution in [1.29, 1.82) is 0 Å². The third-order valence-corrected chi connectivity index (χ3v) is 4.71. The van der Waals surface area contributed by atoms with E-state index in [0.29, 0.717) is 6.04 Å². The molecule has 1 aromatic rings. The monoisotopic (exact) mass is 290 g/mol. The molecule has 0 bridgehead atoms.